The zero-order chi connectivity index (χ0) is 14.6. The van der Waals surface area contributed by atoms with Gasteiger partial charge in [0.25, 0.3) is 0 Å². The van der Waals surface area contributed by atoms with Crippen molar-refractivity contribution < 1.29 is 4.79 Å². The SMILES string of the molecule is CC(C)(C(=O)NCC1CCCCC1)c1ccc(N)cc1. The number of nitrogens with one attached hydrogen (secondary N) is 1. The highest BCUT2D eigenvalue weighted by molar-refractivity contribution is 5.87. The van der Waals surface area contributed by atoms with Gasteiger partial charge in [0.1, 0.15) is 0 Å². The first-order valence-electron chi connectivity index (χ1n) is 7.64. The van der Waals surface area contributed by atoms with E-state index in [2.05, 4.69) is 5.32 Å². The molecule has 1 saturated carbocycles. The molecule has 20 heavy (non-hydrogen) atoms. The van der Waals surface area contributed by atoms with E-state index in [1.165, 1.54) is 32.1 Å². The molecule has 3 nitrogen and oxygen atoms in total. The lowest BCUT2D eigenvalue weighted by molar-refractivity contribution is -0.125. The molecule has 0 radical (unpaired) electrons. The van der Waals surface area contributed by atoms with Crippen LogP contribution in [0, 0.1) is 5.92 Å². The van der Waals surface area contributed by atoms with Gasteiger partial charge in [-0.1, -0.05) is 31.4 Å². The molecule has 1 amide bonds. The Labute approximate surface area is 121 Å². The van der Waals surface area contributed by atoms with Crippen molar-refractivity contribution in [3.8, 4) is 0 Å². The normalized spacial score (nSPS) is 16.9. The van der Waals surface area contributed by atoms with Crippen molar-refractivity contribution in [1.29, 1.82) is 0 Å². The van der Waals surface area contributed by atoms with E-state index in [1.54, 1.807) is 0 Å². The molecule has 110 valence electrons. The molecule has 0 heterocycles. The first kappa shape index (κ1) is 14.9. The second kappa shape index (κ2) is 6.29. The zero-order valence-electron chi connectivity index (χ0n) is 12.6. The van der Waals surface area contributed by atoms with Gasteiger partial charge >= 0.3 is 0 Å². The summed E-state index contributed by atoms with van der Waals surface area (Å²) in [5.41, 5.74) is 6.93. The fourth-order valence-corrected chi connectivity index (χ4v) is 2.88. The third-order valence-corrected chi connectivity index (χ3v) is 4.48. The molecular weight excluding hydrogens is 248 g/mol. The van der Waals surface area contributed by atoms with Crippen molar-refractivity contribution in [3.63, 3.8) is 0 Å². The number of hydrogen-bond donors (Lipinski definition) is 2. The number of nitrogens with two attached hydrogens (primary N) is 1. The summed E-state index contributed by atoms with van der Waals surface area (Å²) in [6.07, 6.45) is 6.47. The Morgan fingerprint density at radius 3 is 2.40 bits per heavy atom. The molecule has 3 heteroatoms. The molecule has 0 saturated heterocycles. The van der Waals surface area contributed by atoms with Gasteiger partial charge in [0.2, 0.25) is 5.91 Å². The molecule has 1 aromatic rings. The van der Waals surface area contributed by atoms with Crippen molar-refractivity contribution in [1.82, 2.24) is 5.32 Å². The van der Waals surface area contributed by atoms with Gasteiger partial charge in [-0.3, -0.25) is 4.79 Å². The standard InChI is InChI=1S/C17H26N2O/c1-17(2,14-8-10-15(18)11-9-14)16(20)19-12-13-6-4-3-5-7-13/h8-11,13H,3-7,12,18H2,1-2H3,(H,19,20). The topological polar surface area (TPSA) is 55.1 Å². The molecule has 0 aromatic heterocycles. The first-order valence-corrected chi connectivity index (χ1v) is 7.64. The van der Waals surface area contributed by atoms with E-state index in [9.17, 15) is 4.79 Å². The maximum absolute atomic E-state index is 12.5. The van der Waals surface area contributed by atoms with Crippen LogP contribution in [-0.4, -0.2) is 12.5 Å². The molecule has 1 aliphatic carbocycles. The lowest BCUT2D eigenvalue weighted by Crippen LogP contribution is -2.42. The van der Waals surface area contributed by atoms with E-state index in [0.717, 1.165) is 17.8 Å². The summed E-state index contributed by atoms with van der Waals surface area (Å²) >= 11 is 0. The van der Waals surface area contributed by atoms with Crippen LogP contribution in [0.4, 0.5) is 5.69 Å². The summed E-state index contributed by atoms with van der Waals surface area (Å²) in [4.78, 5) is 12.5. The van der Waals surface area contributed by atoms with Gasteiger partial charge in [-0.2, -0.15) is 0 Å². The van der Waals surface area contributed by atoms with Crippen molar-refractivity contribution in [2.45, 2.75) is 51.4 Å². The van der Waals surface area contributed by atoms with Gasteiger partial charge in [0.05, 0.1) is 5.41 Å². The number of amides is 1. The van der Waals surface area contributed by atoms with Crippen LogP contribution in [0.15, 0.2) is 24.3 Å². The number of carbonyl (C=O) groups is 1. The zero-order valence-corrected chi connectivity index (χ0v) is 12.6. The van der Waals surface area contributed by atoms with Crippen LogP contribution < -0.4 is 11.1 Å². The quantitative estimate of drug-likeness (QED) is 0.828. The van der Waals surface area contributed by atoms with Gasteiger partial charge in [-0.05, 0) is 50.3 Å². The number of hydrogen-bond acceptors (Lipinski definition) is 2. The summed E-state index contributed by atoms with van der Waals surface area (Å²) < 4.78 is 0. The van der Waals surface area contributed by atoms with Gasteiger partial charge in [0.15, 0.2) is 0 Å². The Bertz CT molecular complexity index is 445. The van der Waals surface area contributed by atoms with Crippen molar-refractivity contribution in [2.75, 3.05) is 12.3 Å². The molecule has 1 fully saturated rings. The monoisotopic (exact) mass is 274 g/mol. The Kier molecular flexibility index (Phi) is 4.69. The van der Waals surface area contributed by atoms with Gasteiger partial charge in [-0.15, -0.1) is 0 Å². The summed E-state index contributed by atoms with van der Waals surface area (Å²) in [7, 11) is 0. The molecule has 1 aliphatic rings. The maximum atomic E-state index is 12.5. The van der Waals surface area contributed by atoms with E-state index in [0.29, 0.717) is 5.92 Å². The van der Waals surface area contributed by atoms with Crippen LogP contribution >= 0.6 is 0 Å². The molecule has 0 aliphatic heterocycles. The van der Waals surface area contributed by atoms with Crippen LogP contribution in [0.2, 0.25) is 0 Å². The average molecular weight is 274 g/mol. The minimum absolute atomic E-state index is 0.104. The Balaban J connectivity index is 1.94. The lowest BCUT2D eigenvalue weighted by atomic mass is 9.83. The second-order valence-corrected chi connectivity index (χ2v) is 6.46. The van der Waals surface area contributed by atoms with Crippen molar-refractivity contribution in [3.05, 3.63) is 29.8 Å². The molecule has 0 bridgehead atoms. The van der Waals surface area contributed by atoms with Gasteiger partial charge < -0.3 is 11.1 Å². The van der Waals surface area contributed by atoms with Gasteiger partial charge in [-0.25, -0.2) is 0 Å². The summed E-state index contributed by atoms with van der Waals surface area (Å²) in [6.45, 7) is 4.75. The van der Waals surface area contributed by atoms with Crippen LogP contribution in [0.3, 0.4) is 0 Å². The number of benzene rings is 1. The third kappa shape index (κ3) is 3.53. The van der Waals surface area contributed by atoms with Crippen molar-refractivity contribution in [2.24, 2.45) is 5.92 Å². The van der Waals surface area contributed by atoms with Gasteiger partial charge in [0, 0.05) is 12.2 Å². The summed E-state index contributed by atoms with van der Waals surface area (Å²) in [5.74, 6) is 0.766. The lowest BCUT2D eigenvalue weighted by Gasteiger charge is -2.27. The number of nitrogen functional groups attached to an aromatic ring is 1. The summed E-state index contributed by atoms with van der Waals surface area (Å²) in [5, 5.41) is 3.14. The van der Waals surface area contributed by atoms with Crippen molar-refractivity contribution >= 4 is 11.6 Å². The molecular formula is C17H26N2O. The van der Waals surface area contributed by atoms with E-state index in [4.69, 9.17) is 5.73 Å². The molecule has 3 N–H and O–H groups in total. The Morgan fingerprint density at radius 1 is 1.20 bits per heavy atom. The first-order chi connectivity index (χ1) is 9.50. The second-order valence-electron chi connectivity index (χ2n) is 6.46. The predicted octanol–water partition coefficient (Wildman–Crippen LogP) is 3.24. The number of rotatable bonds is 4. The Morgan fingerprint density at radius 2 is 1.80 bits per heavy atom. The highest BCUT2D eigenvalue weighted by Crippen LogP contribution is 2.26. The minimum atomic E-state index is -0.512. The molecule has 1 aromatic carbocycles. The molecule has 0 unspecified atom stereocenters. The fraction of sp³-hybridized carbons (Fsp3) is 0.588. The fourth-order valence-electron chi connectivity index (χ4n) is 2.88. The van der Waals surface area contributed by atoms with E-state index in [1.807, 2.05) is 38.1 Å². The molecule has 2 rings (SSSR count). The van der Waals surface area contributed by atoms with Crippen LogP contribution in [0.25, 0.3) is 0 Å². The minimum Gasteiger partial charge on any atom is -0.399 e. The van der Waals surface area contributed by atoms with E-state index < -0.39 is 5.41 Å². The van der Waals surface area contributed by atoms with E-state index in [-0.39, 0.29) is 5.91 Å². The molecule has 0 spiro atoms. The largest absolute Gasteiger partial charge is 0.399 e. The predicted molar refractivity (Wildman–Crippen MR) is 83.5 cm³/mol. The van der Waals surface area contributed by atoms with Crippen LogP contribution in [-0.2, 0) is 10.2 Å². The average Bonchev–Trinajstić information content (AvgIpc) is 2.46. The highest BCUT2D eigenvalue weighted by atomic mass is 16.2. The number of anilines is 1. The Hall–Kier alpha value is -1.51. The van der Waals surface area contributed by atoms with Crippen LogP contribution in [0.1, 0.15) is 51.5 Å². The number of carbonyl (C=O) groups excluding carboxylic acids is 1. The smallest absolute Gasteiger partial charge is 0.230 e. The highest BCUT2D eigenvalue weighted by Gasteiger charge is 2.30. The maximum Gasteiger partial charge on any atom is 0.230 e. The molecule has 0 atom stereocenters. The third-order valence-electron chi connectivity index (χ3n) is 4.48. The van der Waals surface area contributed by atoms with E-state index >= 15 is 0 Å². The van der Waals surface area contributed by atoms with Crippen LogP contribution in [0.5, 0.6) is 0 Å². The summed E-state index contributed by atoms with van der Waals surface area (Å²) in [6, 6.07) is 7.59.